The van der Waals surface area contributed by atoms with Gasteiger partial charge in [0.25, 0.3) is 0 Å². The number of thioether (sulfide) groups is 1. The monoisotopic (exact) mass is 285 g/mol. The molecule has 0 aromatic carbocycles. The largest absolute Gasteiger partial charge is 0.362 e. The summed E-state index contributed by atoms with van der Waals surface area (Å²) >= 11 is 1.88. The summed E-state index contributed by atoms with van der Waals surface area (Å²) in [5.41, 5.74) is 0. The van der Waals surface area contributed by atoms with E-state index in [0.29, 0.717) is 18.0 Å². The van der Waals surface area contributed by atoms with Crippen molar-refractivity contribution in [3.05, 3.63) is 0 Å². The Balaban J connectivity index is 2.21. The first-order valence-corrected chi connectivity index (χ1v) is 8.74. The van der Waals surface area contributed by atoms with Gasteiger partial charge >= 0.3 is 0 Å². The van der Waals surface area contributed by atoms with Gasteiger partial charge in [-0.25, -0.2) is 0 Å². The van der Waals surface area contributed by atoms with E-state index in [1.165, 1.54) is 19.4 Å². The molecule has 19 heavy (non-hydrogen) atoms. The fourth-order valence-electron chi connectivity index (χ4n) is 2.25. The summed E-state index contributed by atoms with van der Waals surface area (Å²) in [5, 5.41) is 4.73. The molecule has 0 saturated carbocycles. The Labute approximate surface area is 123 Å². The van der Waals surface area contributed by atoms with Gasteiger partial charge in [0.05, 0.1) is 6.04 Å². The molecule has 2 unspecified atom stereocenters. The lowest BCUT2D eigenvalue weighted by Crippen LogP contribution is -2.31. The Morgan fingerprint density at radius 1 is 1.32 bits per heavy atom. The summed E-state index contributed by atoms with van der Waals surface area (Å²) in [7, 11) is 0. The second kappa shape index (κ2) is 8.85. The van der Waals surface area contributed by atoms with Crippen molar-refractivity contribution in [3.8, 4) is 0 Å². The first-order valence-electron chi connectivity index (χ1n) is 7.76. The Morgan fingerprint density at radius 3 is 2.53 bits per heavy atom. The zero-order valence-electron chi connectivity index (χ0n) is 13.3. The molecule has 4 heteroatoms. The summed E-state index contributed by atoms with van der Waals surface area (Å²) in [5.74, 6) is 1.80. The summed E-state index contributed by atoms with van der Waals surface area (Å²) in [4.78, 5) is 7.25. The molecule has 1 aliphatic heterocycles. The second-order valence-electron chi connectivity index (χ2n) is 5.77. The highest BCUT2D eigenvalue weighted by Gasteiger charge is 2.21. The van der Waals surface area contributed by atoms with Gasteiger partial charge in [0.15, 0.2) is 5.17 Å². The highest BCUT2D eigenvalue weighted by molar-refractivity contribution is 8.14. The van der Waals surface area contributed by atoms with Crippen molar-refractivity contribution in [2.24, 2.45) is 10.9 Å². The normalized spacial score (nSPS) is 21.0. The Bertz CT molecular complexity index is 275. The average Bonchev–Trinajstić information content (AvgIpc) is 2.83. The van der Waals surface area contributed by atoms with Crippen molar-refractivity contribution >= 4 is 16.9 Å². The number of hydrogen-bond acceptors (Lipinski definition) is 4. The van der Waals surface area contributed by atoms with Gasteiger partial charge in [0.1, 0.15) is 0 Å². The van der Waals surface area contributed by atoms with Crippen LogP contribution in [0.15, 0.2) is 4.99 Å². The molecule has 3 nitrogen and oxygen atoms in total. The van der Waals surface area contributed by atoms with Crippen LogP contribution in [0.3, 0.4) is 0 Å². The highest BCUT2D eigenvalue weighted by Crippen LogP contribution is 2.22. The van der Waals surface area contributed by atoms with E-state index in [9.17, 15) is 0 Å². The van der Waals surface area contributed by atoms with Crippen molar-refractivity contribution < 1.29 is 0 Å². The molecule has 1 rings (SSSR count). The summed E-state index contributed by atoms with van der Waals surface area (Å²) < 4.78 is 0. The van der Waals surface area contributed by atoms with Crippen molar-refractivity contribution in [2.75, 3.05) is 25.4 Å². The number of hydrogen-bond donors (Lipinski definition) is 1. The third-order valence-corrected chi connectivity index (χ3v) is 4.82. The molecule has 1 aliphatic rings. The molecule has 0 aromatic heterocycles. The molecule has 0 saturated heterocycles. The Morgan fingerprint density at radius 2 is 2.00 bits per heavy atom. The first-order chi connectivity index (χ1) is 9.06. The third kappa shape index (κ3) is 6.17. The van der Waals surface area contributed by atoms with Crippen LogP contribution >= 0.6 is 11.8 Å². The average molecular weight is 286 g/mol. The van der Waals surface area contributed by atoms with Gasteiger partial charge < -0.3 is 10.2 Å². The van der Waals surface area contributed by atoms with Gasteiger partial charge in [-0.1, -0.05) is 39.5 Å². The van der Waals surface area contributed by atoms with Crippen LogP contribution in [0.2, 0.25) is 0 Å². The lowest BCUT2D eigenvalue weighted by molar-refractivity contribution is 0.293. The molecule has 0 aliphatic carbocycles. The van der Waals surface area contributed by atoms with Gasteiger partial charge in [-0.05, 0) is 45.3 Å². The van der Waals surface area contributed by atoms with Crippen molar-refractivity contribution in [1.29, 1.82) is 0 Å². The predicted molar refractivity (Wildman–Crippen MR) is 88.1 cm³/mol. The van der Waals surface area contributed by atoms with Crippen LogP contribution in [-0.4, -0.2) is 47.5 Å². The minimum Gasteiger partial charge on any atom is -0.362 e. The van der Waals surface area contributed by atoms with Crippen molar-refractivity contribution in [2.45, 2.75) is 59.5 Å². The van der Waals surface area contributed by atoms with Gasteiger partial charge in [-0.3, -0.25) is 4.99 Å². The van der Waals surface area contributed by atoms with E-state index >= 15 is 0 Å². The molecule has 0 spiro atoms. The van der Waals surface area contributed by atoms with Crippen LogP contribution in [0, 0.1) is 5.92 Å². The van der Waals surface area contributed by atoms with Crippen molar-refractivity contribution in [1.82, 2.24) is 10.2 Å². The zero-order chi connectivity index (χ0) is 14.3. The quantitative estimate of drug-likeness (QED) is 0.742. The van der Waals surface area contributed by atoms with Crippen LogP contribution in [0.5, 0.6) is 0 Å². The molecule has 1 heterocycles. The van der Waals surface area contributed by atoms with Gasteiger partial charge in [-0.15, -0.1) is 0 Å². The molecule has 0 aromatic rings. The molecule has 2 atom stereocenters. The van der Waals surface area contributed by atoms with Gasteiger partial charge in [0, 0.05) is 11.8 Å². The van der Waals surface area contributed by atoms with Gasteiger partial charge in [-0.2, -0.15) is 0 Å². The smallest absolute Gasteiger partial charge is 0.157 e. The SMILES string of the molecule is CCN(CC)CCCC(C)NC1=NC(C(C)C)CS1. The molecular weight excluding hydrogens is 254 g/mol. The van der Waals surface area contributed by atoms with Crippen LogP contribution in [0.1, 0.15) is 47.5 Å². The molecule has 0 amide bonds. The minimum absolute atomic E-state index is 0.510. The number of rotatable bonds is 8. The van der Waals surface area contributed by atoms with E-state index in [1.54, 1.807) is 0 Å². The molecule has 0 bridgehead atoms. The van der Waals surface area contributed by atoms with E-state index in [0.717, 1.165) is 24.0 Å². The molecule has 0 radical (unpaired) electrons. The second-order valence-corrected chi connectivity index (χ2v) is 6.78. The number of aliphatic imine (C=N–C) groups is 1. The molecule has 0 fully saturated rings. The lowest BCUT2D eigenvalue weighted by Gasteiger charge is -2.20. The van der Waals surface area contributed by atoms with E-state index in [1.807, 2.05) is 11.8 Å². The van der Waals surface area contributed by atoms with E-state index < -0.39 is 0 Å². The standard InChI is InChI=1S/C15H31N3S/c1-6-18(7-2)10-8-9-13(5)16-15-17-14(11-19-15)12(3)4/h12-14H,6-11H2,1-5H3,(H,16,17). The summed E-state index contributed by atoms with van der Waals surface area (Å²) in [6, 6.07) is 1.04. The van der Waals surface area contributed by atoms with Crippen molar-refractivity contribution in [3.63, 3.8) is 0 Å². The lowest BCUT2D eigenvalue weighted by atomic mass is 10.1. The molecular formula is C15H31N3S. The summed E-state index contributed by atoms with van der Waals surface area (Å²) in [6.45, 7) is 14.8. The highest BCUT2D eigenvalue weighted by atomic mass is 32.2. The first kappa shape index (κ1) is 16.8. The van der Waals surface area contributed by atoms with E-state index in [4.69, 9.17) is 4.99 Å². The maximum Gasteiger partial charge on any atom is 0.157 e. The number of nitrogens with one attached hydrogen (secondary N) is 1. The fraction of sp³-hybridized carbons (Fsp3) is 0.933. The van der Waals surface area contributed by atoms with E-state index in [2.05, 4.69) is 44.8 Å². The molecule has 1 N–H and O–H groups in total. The maximum absolute atomic E-state index is 4.76. The fourth-order valence-corrected chi connectivity index (χ4v) is 3.54. The maximum atomic E-state index is 4.76. The van der Waals surface area contributed by atoms with Crippen LogP contribution in [0.4, 0.5) is 0 Å². The van der Waals surface area contributed by atoms with E-state index in [-0.39, 0.29) is 0 Å². The van der Waals surface area contributed by atoms with Gasteiger partial charge in [0.2, 0.25) is 0 Å². The summed E-state index contributed by atoms with van der Waals surface area (Å²) in [6.07, 6.45) is 2.49. The number of amidine groups is 1. The predicted octanol–water partition coefficient (Wildman–Crippen LogP) is 3.21. The molecule has 112 valence electrons. The third-order valence-electron chi connectivity index (χ3n) is 3.82. The van der Waals surface area contributed by atoms with Crippen LogP contribution < -0.4 is 5.32 Å². The van der Waals surface area contributed by atoms with Crippen LogP contribution in [-0.2, 0) is 0 Å². The van der Waals surface area contributed by atoms with Crippen LogP contribution in [0.25, 0.3) is 0 Å². The zero-order valence-corrected chi connectivity index (χ0v) is 14.1. The number of nitrogens with zero attached hydrogens (tertiary/aromatic N) is 2. The Hall–Kier alpha value is -0.220. The Kier molecular flexibility index (Phi) is 7.84. The topological polar surface area (TPSA) is 27.6 Å². The minimum atomic E-state index is 0.510.